The Morgan fingerprint density at radius 3 is 2.67 bits per heavy atom. The molecule has 0 aromatic carbocycles. The number of hydrogen-bond donors (Lipinski definition) is 4. The van der Waals surface area contributed by atoms with Gasteiger partial charge in [-0.1, -0.05) is 0 Å². The van der Waals surface area contributed by atoms with Gasteiger partial charge in [0.1, 0.15) is 6.10 Å². The largest absolute Gasteiger partial charge is 0.446 e. The maximum absolute atomic E-state index is 11.4. The summed E-state index contributed by atoms with van der Waals surface area (Å²) in [6.45, 7) is 3.76. The summed E-state index contributed by atoms with van der Waals surface area (Å²) in [6, 6.07) is 0.0629. The van der Waals surface area contributed by atoms with Crippen molar-refractivity contribution in [2.24, 2.45) is 17.4 Å². The van der Waals surface area contributed by atoms with Gasteiger partial charge in [0.25, 0.3) is 0 Å². The molecule has 0 aromatic heterocycles. The van der Waals surface area contributed by atoms with E-state index in [-0.39, 0.29) is 23.9 Å². The zero-order valence-electron chi connectivity index (χ0n) is 10.9. The van der Waals surface area contributed by atoms with Crippen LogP contribution in [0.5, 0.6) is 0 Å². The fourth-order valence-corrected chi connectivity index (χ4v) is 2.05. The predicted octanol–water partition coefficient (Wildman–Crippen LogP) is 1.07. The maximum atomic E-state index is 11.4. The predicted molar refractivity (Wildman–Crippen MR) is 70.1 cm³/mol. The van der Waals surface area contributed by atoms with Crippen LogP contribution in [-0.4, -0.2) is 24.0 Å². The molecule has 1 saturated carbocycles. The van der Waals surface area contributed by atoms with Crippen molar-refractivity contribution in [3.63, 3.8) is 0 Å². The first-order valence-corrected chi connectivity index (χ1v) is 6.16. The van der Waals surface area contributed by atoms with Crippen LogP contribution in [0.4, 0.5) is 4.79 Å². The highest BCUT2D eigenvalue weighted by molar-refractivity contribution is 5.94. The van der Waals surface area contributed by atoms with E-state index in [2.05, 4.69) is 5.32 Å². The van der Waals surface area contributed by atoms with Gasteiger partial charge in [0.2, 0.25) is 0 Å². The second-order valence-corrected chi connectivity index (χ2v) is 4.94. The maximum Gasteiger partial charge on any atom is 0.407 e. The normalized spacial score (nSPS) is 22.6. The van der Waals surface area contributed by atoms with E-state index in [0.29, 0.717) is 12.1 Å². The smallest absolute Gasteiger partial charge is 0.407 e. The van der Waals surface area contributed by atoms with Gasteiger partial charge in [-0.3, -0.25) is 0 Å². The number of hydrogen-bond acceptors (Lipinski definition) is 5. The molecule has 1 fully saturated rings. The molecule has 0 aromatic rings. The third kappa shape index (κ3) is 4.65. The Hall–Kier alpha value is -1.72. The zero-order chi connectivity index (χ0) is 13.7. The van der Waals surface area contributed by atoms with E-state index in [1.165, 1.54) is 6.08 Å². The summed E-state index contributed by atoms with van der Waals surface area (Å²) in [6.07, 6.45) is 3.20. The van der Waals surface area contributed by atoms with E-state index in [4.69, 9.17) is 21.6 Å². The molecule has 0 aliphatic heterocycles. The summed E-state index contributed by atoms with van der Waals surface area (Å²) in [4.78, 5) is 11.4. The molecule has 1 aliphatic rings. The molecule has 1 aliphatic carbocycles. The van der Waals surface area contributed by atoms with Crippen LogP contribution in [0.2, 0.25) is 0 Å². The van der Waals surface area contributed by atoms with Gasteiger partial charge in [0, 0.05) is 17.7 Å². The molecule has 6 nitrogen and oxygen atoms in total. The summed E-state index contributed by atoms with van der Waals surface area (Å²) >= 11 is 0. The lowest BCUT2D eigenvalue weighted by atomic mass is 10.0. The minimum absolute atomic E-state index is 0.0629. The molecule has 6 N–H and O–H groups in total. The van der Waals surface area contributed by atoms with Crippen molar-refractivity contribution in [1.29, 1.82) is 5.41 Å². The van der Waals surface area contributed by atoms with Crippen LogP contribution in [0.15, 0.2) is 11.9 Å². The van der Waals surface area contributed by atoms with Crippen molar-refractivity contribution < 1.29 is 9.53 Å². The number of ether oxygens (including phenoxy) is 1. The third-order valence-electron chi connectivity index (χ3n) is 2.83. The fraction of sp³-hybridized carbons (Fsp3) is 0.667. The van der Waals surface area contributed by atoms with Crippen molar-refractivity contribution in [2.75, 3.05) is 0 Å². The number of nitrogens with one attached hydrogen (secondary N) is 2. The lowest BCUT2D eigenvalue weighted by Gasteiger charge is -2.14. The van der Waals surface area contributed by atoms with Gasteiger partial charge in [-0.25, -0.2) is 4.79 Å². The van der Waals surface area contributed by atoms with Gasteiger partial charge >= 0.3 is 6.09 Å². The number of carbonyl (C=O) groups is 1. The van der Waals surface area contributed by atoms with Gasteiger partial charge in [-0.05, 0) is 39.2 Å². The van der Waals surface area contributed by atoms with Crippen molar-refractivity contribution in [2.45, 2.75) is 45.3 Å². The van der Waals surface area contributed by atoms with Crippen LogP contribution >= 0.6 is 0 Å². The number of nitrogens with two attached hydrogens (primary N) is 2. The topological polar surface area (TPSA) is 114 Å². The van der Waals surface area contributed by atoms with E-state index >= 15 is 0 Å². The molecule has 0 radical (unpaired) electrons. The fourth-order valence-electron chi connectivity index (χ4n) is 2.05. The molecule has 1 rings (SSSR count). The highest BCUT2D eigenvalue weighted by Crippen LogP contribution is 2.29. The molecule has 102 valence electrons. The molecule has 0 spiro atoms. The zero-order valence-corrected chi connectivity index (χ0v) is 10.9. The lowest BCUT2D eigenvalue weighted by molar-refractivity contribution is 0.0980. The summed E-state index contributed by atoms with van der Waals surface area (Å²) in [7, 11) is 0. The van der Waals surface area contributed by atoms with Gasteiger partial charge in [-0.2, -0.15) is 0 Å². The Labute approximate surface area is 107 Å². The van der Waals surface area contributed by atoms with Crippen LogP contribution in [-0.2, 0) is 4.74 Å². The molecule has 0 heterocycles. The molecule has 18 heavy (non-hydrogen) atoms. The Balaban J connectivity index is 2.40. The summed E-state index contributed by atoms with van der Waals surface area (Å²) < 4.78 is 5.28. The standard InChI is InChI=1S/C12H22N4O2/c1-7(2)16-12(17)18-9-4-3-8(5-9)10(13)6-11(14)15/h6-9,13H,3-5,14-15H2,1-2H3,(H,16,17)/t8-,9+/m0/s1. The third-order valence-corrected chi connectivity index (χ3v) is 2.83. The van der Waals surface area contributed by atoms with Crippen molar-refractivity contribution in [3.8, 4) is 0 Å². The molecular formula is C12H22N4O2. The Morgan fingerprint density at radius 1 is 1.44 bits per heavy atom. The van der Waals surface area contributed by atoms with Crippen molar-refractivity contribution >= 4 is 11.8 Å². The summed E-state index contributed by atoms with van der Waals surface area (Å²) in [5, 5.41) is 10.5. The average molecular weight is 254 g/mol. The monoisotopic (exact) mass is 254 g/mol. The number of carbonyl (C=O) groups excluding carboxylic acids is 1. The van der Waals surface area contributed by atoms with Crippen LogP contribution in [0.25, 0.3) is 0 Å². The van der Waals surface area contributed by atoms with E-state index in [1.807, 2.05) is 13.8 Å². The Bertz CT molecular complexity index is 348. The SMILES string of the molecule is CC(C)NC(=O)O[C@@H]1CC[C@H](C(=N)C=C(N)N)C1. The Morgan fingerprint density at radius 2 is 2.11 bits per heavy atom. The van der Waals surface area contributed by atoms with Gasteiger partial charge in [0.15, 0.2) is 0 Å². The molecule has 1 amide bonds. The average Bonchev–Trinajstić information content (AvgIpc) is 2.63. The molecule has 2 atom stereocenters. The number of amides is 1. The summed E-state index contributed by atoms with van der Waals surface area (Å²) in [5.41, 5.74) is 11.1. The highest BCUT2D eigenvalue weighted by atomic mass is 16.6. The van der Waals surface area contributed by atoms with Crippen molar-refractivity contribution in [1.82, 2.24) is 5.32 Å². The molecule has 0 saturated heterocycles. The first-order valence-electron chi connectivity index (χ1n) is 6.16. The first-order chi connectivity index (χ1) is 8.38. The second-order valence-electron chi connectivity index (χ2n) is 4.94. The first kappa shape index (κ1) is 14.3. The molecule has 6 heteroatoms. The van der Waals surface area contributed by atoms with Gasteiger partial charge < -0.3 is 26.9 Å². The van der Waals surface area contributed by atoms with Crippen LogP contribution < -0.4 is 16.8 Å². The van der Waals surface area contributed by atoms with Gasteiger partial charge in [-0.15, -0.1) is 0 Å². The van der Waals surface area contributed by atoms with E-state index in [0.717, 1.165) is 12.8 Å². The lowest BCUT2D eigenvalue weighted by Crippen LogP contribution is -2.33. The van der Waals surface area contributed by atoms with Crippen molar-refractivity contribution in [3.05, 3.63) is 11.9 Å². The molecule has 0 bridgehead atoms. The number of rotatable bonds is 4. The highest BCUT2D eigenvalue weighted by Gasteiger charge is 2.29. The number of allylic oxidation sites excluding steroid dienone is 1. The van der Waals surface area contributed by atoms with Crippen LogP contribution in [0.1, 0.15) is 33.1 Å². The van der Waals surface area contributed by atoms with E-state index in [9.17, 15) is 4.79 Å². The van der Waals surface area contributed by atoms with Crippen LogP contribution in [0.3, 0.4) is 0 Å². The van der Waals surface area contributed by atoms with E-state index in [1.54, 1.807) is 0 Å². The minimum Gasteiger partial charge on any atom is -0.446 e. The van der Waals surface area contributed by atoms with E-state index < -0.39 is 6.09 Å². The van der Waals surface area contributed by atoms with Crippen LogP contribution in [0, 0.1) is 11.3 Å². The number of alkyl carbamates (subject to hydrolysis) is 1. The quantitative estimate of drug-likeness (QED) is 0.562. The Kier molecular flexibility index (Phi) is 5.00. The van der Waals surface area contributed by atoms with Gasteiger partial charge in [0.05, 0.1) is 5.82 Å². The second kappa shape index (κ2) is 6.28. The molecule has 0 unspecified atom stereocenters. The minimum atomic E-state index is -0.393. The molecular weight excluding hydrogens is 232 g/mol. The summed E-state index contributed by atoms with van der Waals surface area (Å²) in [5.74, 6) is 0.214.